The maximum Gasteiger partial charge on any atom is 0.320 e. The van der Waals surface area contributed by atoms with Crippen LogP contribution in [-0.4, -0.2) is 93.5 Å². The summed E-state index contributed by atoms with van der Waals surface area (Å²) in [5.74, 6) is -4.98. The molecule has 3 aromatic rings. The zero-order valence-electron chi connectivity index (χ0n) is 29.9. The normalized spacial score (nSPS) is 23.4. The number of carboxylic acids is 1. The van der Waals surface area contributed by atoms with Gasteiger partial charge in [0.15, 0.2) is 6.29 Å². The minimum absolute atomic E-state index is 0.0551. The molecule has 1 unspecified atom stereocenters. The van der Waals surface area contributed by atoms with Gasteiger partial charge in [0, 0.05) is 29.7 Å². The summed E-state index contributed by atoms with van der Waals surface area (Å²) >= 11 is 1.14. The predicted octanol–water partition coefficient (Wildman–Crippen LogP) is 5.70. The van der Waals surface area contributed by atoms with Crippen LogP contribution >= 0.6 is 11.8 Å². The minimum Gasteiger partial charge on any atom is -0.480 e. The van der Waals surface area contributed by atoms with E-state index in [4.69, 9.17) is 19.5 Å². The number of aromatic nitrogens is 3. The third-order valence-electron chi connectivity index (χ3n) is 9.15. The molecular weight excluding hydrogens is 724 g/mol. The highest BCUT2D eigenvalue weighted by molar-refractivity contribution is 8.01. The average molecular weight is 764 g/mol. The van der Waals surface area contributed by atoms with Gasteiger partial charge in [-0.2, -0.15) is 10.4 Å². The van der Waals surface area contributed by atoms with Crippen LogP contribution in [0, 0.1) is 34.7 Å². The van der Waals surface area contributed by atoms with Crippen LogP contribution in [0.25, 0.3) is 6.08 Å². The fourth-order valence-corrected chi connectivity index (χ4v) is 8.43. The van der Waals surface area contributed by atoms with Gasteiger partial charge in [0.1, 0.15) is 42.1 Å². The van der Waals surface area contributed by atoms with Crippen molar-refractivity contribution >= 4 is 29.8 Å². The van der Waals surface area contributed by atoms with Gasteiger partial charge < -0.3 is 19.3 Å². The van der Waals surface area contributed by atoms with Crippen LogP contribution in [-0.2, 0) is 35.8 Å². The average Bonchev–Trinajstić information content (AvgIpc) is 3.66. The fourth-order valence-electron chi connectivity index (χ4n) is 6.62. The van der Waals surface area contributed by atoms with Gasteiger partial charge in [-0.15, -0.1) is 11.8 Å². The van der Waals surface area contributed by atoms with Gasteiger partial charge in [0.05, 0.1) is 41.4 Å². The van der Waals surface area contributed by atoms with Gasteiger partial charge in [-0.05, 0) is 50.4 Å². The van der Waals surface area contributed by atoms with Crippen molar-refractivity contribution in [2.75, 3.05) is 40.5 Å². The number of hydrogen-bond donors (Lipinski definition) is 1. The number of halogens is 3. The number of carboxylic acid groups (broad SMARTS) is 1. The second-order valence-corrected chi connectivity index (χ2v) is 14.6. The molecule has 15 heteroatoms. The Labute approximate surface area is 315 Å². The van der Waals surface area contributed by atoms with E-state index >= 15 is 4.39 Å². The number of ether oxygens (including phenoxy) is 3. The van der Waals surface area contributed by atoms with E-state index in [1.807, 2.05) is 13.0 Å². The number of esters is 1. The van der Waals surface area contributed by atoms with Gasteiger partial charge in [-0.3, -0.25) is 19.2 Å². The molecule has 1 fully saturated rings. The molecule has 1 saturated heterocycles. The van der Waals surface area contributed by atoms with Crippen molar-refractivity contribution in [1.29, 1.82) is 5.26 Å². The molecule has 2 aromatic carbocycles. The Morgan fingerprint density at radius 1 is 1.17 bits per heavy atom. The van der Waals surface area contributed by atoms with Gasteiger partial charge >= 0.3 is 11.9 Å². The summed E-state index contributed by atoms with van der Waals surface area (Å²) in [7, 11) is 3.37. The minimum atomic E-state index is -2.21. The third-order valence-corrected chi connectivity index (χ3v) is 10.8. The maximum atomic E-state index is 16.0. The summed E-state index contributed by atoms with van der Waals surface area (Å²) < 4.78 is 62.5. The highest BCUT2D eigenvalue weighted by Crippen LogP contribution is 2.57. The molecule has 2 aliphatic rings. The van der Waals surface area contributed by atoms with Gasteiger partial charge in [-0.25, -0.2) is 18.2 Å². The molecule has 0 saturated carbocycles. The molecule has 284 valence electrons. The highest BCUT2D eigenvalue weighted by atomic mass is 32.2. The van der Waals surface area contributed by atoms with Crippen molar-refractivity contribution in [1.82, 2.24) is 19.7 Å². The molecule has 2 heterocycles. The van der Waals surface area contributed by atoms with Gasteiger partial charge in [0.2, 0.25) is 0 Å². The lowest BCUT2D eigenvalue weighted by Gasteiger charge is -2.52. The first-order chi connectivity index (χ1) is 25.9. The number of hydrogen-bond acceptors (Lipinski definition) is 10. The molecule has 1 aliphatic carbocycles. The van der Waals surface area contributed by atoms with E-state index in [0.29, 0.717) is 18.1 Å². The number of likely N-dealkylation sites (N-methyl/N-ethyl adjacent to an activating group) is 1. The molecule has 0 bridgehead atoms. The van der Waals surface area contributed by atoms with Crippen LogP contribution in [0.5, 0.6) is 0 Å². The SMILES string of the molecule is CCC(Cn1cncn1)C1=CC=C[C@](C(=O)O)(c2ccc(F)cc2F)[C@]1(COC(=O)CN(C)C)S[C@H]1CO[C@H](C=CC=Cc2ccc(C#N)cc2F)OC1. The van der Waals surface area contributed by atoms with Crippen LogP contribution in [0.4, 0.5) is 13.2 Å². The Morgan fingerprint density at radius 2 is 1.94 bits per heavy atom. The summed E-state index contributed by atoms with van der Waals surface area (Å²) in [5, 5.41) is 23.9. The number of carbonyl (C=O) groups excluding carboxylic acids is 1. The van der Waals surface area contributed by atoms with Gasteiger partial charge in [-0.1, -0.05) is 55.5 Å². The molecule has 11 nitrogen and oxygen atoms in total. The van der Waals surface area contributed by atoms with Crippen molar-refractivity contribution in [3.05, 3.63) is 125 Å². The lowest BCUT2D eigenvalue weighted by molar-refractivity contribution is -0.150. The molecule has 3 atom stereocenters. The van der Waals surface area contributed by atoms with Gasteiger partial charge in [0.25, 0.3) is 0 Å². The summed E-state index contributed by atoms with van der Waals surface area (Å²) in [4.78, 5) is 32.7. The van der Waals surface area contributed by atoms with Crippen molar-refractivity contribution in [3.8, 4) is 6.07 Å². The van der Waals surface area contributed by atoms with E-state index in [2.05, 4.69) is 10.1 Å². The van der Waals surface area contributed by atoms with Crippen molar-refractivity contribution < 1.29 is 42.1 Å². The van der Waals surface area contributed by atoms with Crippen LogP contribution in [0.1, 0.15) is 30.0 Å². The molecular formula is C39H40F3N5O6S. The Hall–Kier alpha value is -5.01. The van der Waals surface area contributed by atoms with Crippen molar-refractivity contribution in [2.45, 2.75) is 41.6 Å². The lowest BCUT2D eigenvalue weighted by atomic mass is 9.62. The molecule has 1 N–H and O–H groups in total. The Morgan fingerprint density at radius 3 is 2.57 bits per heavy atom. The number of benzene rings is 2. The molecule has 54 heavy (non-hydrogen) atoms. The standard InChI is InChI=1S/C39H40F3N5O6S/c1-4-27(19-47-25-44-24-45-47)31-9-7-15-38(37(49)50,32-14-13-29(40)17-34(32)42)39(31,23-53-35(48)20-46(2)3)54-30-21-51-36(52-22-30)10-6-5-8-28-12-11-26(18-43)16-33(28)41/h5-17,24-25,27,30,36H,4,19-23H2,1-3H3,(H,49,50)/t27?,30-,36-,38-,39-/m1/s1. The predicted molar refractivity (Wildman–Crippen MR) is 195 cm³/mol. The van der Waals surface area contributed by atoms with Crippen LogP contribution in [0.15, 0.2) is 91.1 Å². The van der Waals surface area contributed by atoms with E-state index in [-0.39, 0.29) is 43.0 Å². The first kappa shape index (κ1) is 40.2. The number of nitriles is 1. The third kappa shape index (κ3) is 8.85. The fraction of sp³-hybridized carbons (Fsp3) is 0.359. The molecule has 0 spiro atoms. The van der Waals surface area contributed by atoms with E-state index in [1.54, 1.807) is 54.1 Å². The molecule has 5 rings (SSSR count). The Bertz CT molecular complexity index is 1970. The summed E-state index contributed by atoms with van der Waals surface area (Å²) in [5.41, 5.74) is -1.49. The van der Waals surface area contributed by atoms with E-state index in [9.17, 15) is 23.5 Å². The number of carbonyl (C=O) groups is 2. The summed E-state index contributed by atoms with van der Waals surface area (Å²) in [6.07, 6.45) is 13.6. The number of aliphatic carboxylic acids is 1. The topological polar surface area (TPSA) is 140 Å². The van der Waals surface area contributed by atoms with Crippen molar-refractivity contribution in [2.24, 2.45) is 5.92 Å². The molecule has 1 aliphatic heterocycles. The quantitative estimate of drug-likeness (QED) is 0.151. The second kappa shape index (κ2) is 17.9. The number of thioether (sulfide) groups is 1. The smallest absolute Gasteiger partial charge is 0.320 e. The summed E-state index contributed by atoms with van der Waals surface area (Å²) in [6.45, 7) is 1.71. The van der Waals surface area contributed by atoms with E-state index < -0.39 is 63.6 Å². The monoisotopic (exact) mass is 763 g/mol. The summed E-state index contributed by atoms with van der Waals surface area (Å²) in [6, 6.07) is 8.80. The lowest BCUT2D eigenvalue weighted by Crippen LogP contribution is -2.61. The first-order valence-electron chi connectivity index (χ1n) is 17.1. The van der Waals surface area contributed by atoms with Crippen LogP contribution in [0.2, 0.25) is 0 Å². The number of allylic oxidation sites excluding steroid dienone is 4. The maximum absolute atomic E-state index is 16.0. The van der Waals surface area contributed by atoms with E-state index in [1.165, 1.54) is 36.9 Å². The van der Waals surface area contributed by atoms with Crippen LogP contribution in [0.3, 0.4) is 0 Å². The molecule has 0 radical (unpaired) electrons. The Balaban J connectivity index is 1.52. The Kier molecular flexibility index (Phi) is 13.3. The highest BCUT2D eigenvalue weighted by Gasteiger charge is 2.63. The molecule has 1 aromatic heterocycles. The van der Waals surface area contributed by atoms with Crippen molar-refractivity contribution in [3.63, 3.8) is 0 Å². The second-order valence-electron chi connectivity index (χ2n) is 13.0. The van der Waals surface area contributed by atoms with Crippen LogP contribution < -0.4 is 0 Å². The van der Waals surface area contributed by atoms with E-state index in [0.717, 1.165) is 30.0 Å². The zero-order chi connectivity index (χ0) is 38.9. The molecule has 0 amide bonds. The largest absolute Gasteiger partial charge is 0.480 e. The number of rotatable bonds is 15. The number of nitrogens with zero attached hydrogens (tertiary/aromatic N) is 5. The zero-order valence-corrected chi connectivity index (χ0v) is 30.7. The first-order valence-corrected chi connectivity index (χ1v) is 18.0.